The number of pyridine rings is 2. The van der Waals surface area contributed by atoms with Gasteiger partial charge in [0.05, 0.1) is 24.2 Å². The van der Waals surface area contributed by atoms with Crippen LogP contribution in [0.3, 0.4) is 0 Å². The van der Waals surface area contributed by atoms with Crippen LogP contribution in [0.5, 0.6) is 11.6 Å². The lowest BCUT2D eigenvalue weighted by atomic mass is 9.73. The van der Waals surface area contributed by atoms with Crippen LogP contribution < -0.4 is 9.47 Å². The number of aryl methyl sites for hydroxylation is 1. The van der Waals surface area contributed by atoms with Crippen molar-refractivity contribution < 1.29 is 9.47 Å². The lowest BCUT2D eigenvalue weighted by Gasteiger charge is -2.51. The predicted molar refractivity (Wildman–Crippen MR) is 140 cm³/mol. The highest BCUT2D eigenvalue weighted by Gasteiger charge is 2.44. The van der Waals surface area contributed by atoms with E-state index in [1.807, 2.05) is 24.4 Å². The number of benzene rings is 2. The molecule has 35 heavy (non-hydrogen) atoms. The number of aromatic nitrogens is 2. The number of piperidine rings is 3. The Morgan fingerprint density at radius 3 is 2.77 bits per heavy atom. The van der Waals surface area contributed by atoms with Gasteiger partial charge in [-0.05, 0) is 74.0 Å². The van der Waals surface area contributed by atoms with Gasteiger partial charge < -0.3 is 9.47 Å². The molecule has 0 amide bonds. The Labute approximate surface area is 206 Å². The highest BCUT2D eigenvalue weighted by molar-refractivity contribution is 5.84. The molecule has 4 unspecified atom stereocenters. The summed E-state index contributed by atoms with van der Waals surface area (Å²) in [5.41, 5.74) is 4.20. The van der Waals surface area contributed by atoms with Gasteiger partial charge in [0.2, 0.25) is 5.88 Å². The van der Waals surface area contributed by atoms with Gasteiger partial charge >= 0.3 is 0 Å². The third-order valence-corrected chi connectivity index (χ3v) is 7.94. The fourth-order valence-corrected chi connectivity index (χ4v) is 6.07. The minimum atomic E-state index is -0.172. The molecule has 3 fully saturated rings. The van der Waals surface area contributed by atoms with Crippen molar-refractivity contribution in [2.75, 3.05) is 20.2 Å². The van der Waals surface area contributed by atoms with Gasteiger partial charge in [0.15, 0.2) is 0 Å². The molecule has 0 aliphatic carbocycles. The summed E-state index contributed by atoms with van der Waals surface area (Å²) in [5.74, 6) is 2.68. The first kappa shape index (κ1) is 22.1. The van der Waals surface area contributed by atoms with Gasteiger partial charge in [0.25, 0.3) is 0 Å². The van der Waals surface area contributed by atoms with Crippen LogP contribution in [0.15, 0.2) is 73.4 Å². The molecule has 178 valence electrons. The second-order valence-electron chi connectivity index (χ2n) is 9.86. The van der Waals surface area contributed by atoms with Crippen molar-refractivity contribution in [1.29, 1.82) is 0 Å². The number of rotatable bonds is 6. The van der Waals surface area contributed by atoms with Crippen LogP contribution in [0.25, 0.3) is 21.8 Å². The zero-order chi connectivity index (χ0) is 23.9. The second-order valence-corrected chi connectivity index (χ2v) is 9.86. The SMILES string of the molecule is C=CC1CN2CCC1CC2[C@@H](Oc1cc(C)c2ccccc2n1)c1ccnc2ccc(OC)cc12. The molecule has 5 heteroatoms. The van der Waals surface area contributed by atoms with Gasteiger partial charge in [-0.2, -0.15) is 0 Å². The van der Waals surface area contributed by atoms with Gasteiger partial charge in [-0.1, -0.05) is 24.3 Å². The first-order chi connectivity index (χ1) is 17.1. The van der Waals surface area contributed by atoms with E-state index in [9.17, 15) is 0 Å². The van der Waals surface area contributed by atoms with Crippen LogP contribution in [0, 0.1) is 18.8 Å². The van der Waals surface area contributed by atoms with Crippen LogP contribution in [0.2, 0.25) is 0 Å². The maximum Gasteiger partial charge on any atom is 0.214 e. The van der Waals surface area contributed by atoms with E-state index in [4.69, 9.17) is 14.5 Å². The van der Waals surface area contributed by atoms with Crippen LogP contribution in [0.4, 0.5) is 0 Å². The average Bonchev–Trinajstić information content (AvgIpc) is 2.91. The summed E-state index contributed by atoms with van der Waals surface area (Å²) < 4.78 is 12.4. The molecule has 5 nitrogen and oxygen atoms in total. The molecule has 2 bridgehead atoms. The minimum Gasteiger partial charge on any atom is -0.497 e. The minimum absolute atomic E-state index is 0.172. The van der Waals surface area contributed by atoms with Crippen LogP contribution >= 0.6 is 0 Å². The van der Waals surface area contributed by atoms with E-state index in [0.29, 0.717) is 17.7 Å². The first-order valence-electron chi connectivity index (χ1n) is 12.5. The molecule has 0 radical (unpaired) electrons. The van der Waals surface area contributed by atoms with E-state index >= 15 is 0 Å². The maximum absolute atomic E-state index is 6.88. The number of hydrogen-bond acceptors (Lipinski definition) is 5. The molecule has 2 aromatic carbocycles. The van der Waals surface area contributed by atoms with E-state index in [1.165, 1.54) is 12.0 Å². The van der Waals surface area contributed by atoms with E-state index in [0.717, 1.165) is 52.6 Å². The molecule has 0 spiro atoms. The fourth-order valence-electron chi connectivity index (χ4n) is 6.07. The molecular formula is C30H31N3O2. The molecule has 3 saturated heterocycles. The lowest BCUT2D eigenvalue weighted by Crippen LogP contribution is -2.55. The van der Waals surface area contributed by atoms with Crippen LogP contribution in [-0.4, -0.2) is 41.1 Å². The van der Waals surface area contributed by atoms with Crippen molar-refractivity contribution in [2.24, 2.45) is 11.8 Å². The summed E-state index contributed by atoms with van der Waals surface area (Å²) in [6.07, 6.45) is 6.17. The van der Waals surface area contributed by atoms with Crippen molar-refractivity contribution in [1.82, 2.24) is 14.9 Å². The molecule has 0 N–H and O–H groups in total. The van der Waals surface area contributed by atoms with Gasteiger partial charge in [-0.3, -0.25) is 9.88 Å². The Morgan fingerprint density at radius 2 is 1.97 bits per heavy atom. The number of fused-ring (bicyclic) bond motifs is 5. The van der Waals surface area contributed by atoms with Crippen LogP contribution in [-0.2, 0) is 0 Å². The van der Waals surface area contributed by atoms with Crippen molar-refractivity contribution in [2.45, 2.75) is 31.9 Å². The number of ether oxygens (including phenoxy) is 2. The Kier molecular flexibility index (Phi) is 5.65. The molecule has 5 heterocycles. The Bertz CT molecular complexity index is 1400. The zero-order valence-electron chi connectivity index (χ0n) is 20.4. The smallest absolute Gasteiger partial charge is 0.214 e. The standard InChI is InChI=1S/C30H31N3O2/c1-4-20-18-33-14-12-21(20)16-28(33)30(24-11-13-31-26-10-9-22(34-3)17-25(24)26)35-29-15-19(2)23-7-5-6-8-27(23)32-29/h4-11,13,15,17,20-21,28,30H,1,12,14,16,18H2,2-3H3/t20?,21?,28?,30-/m0/s1. The number of para-hydroxylation sites is 1. The van der Waals surface area contributed by atoms with Gasteiger partial charge in [0, 0.05) is 35.1 Å². The van der Waals surface area contributed by atoms with E-state index in [-0.39, 0.29) is 12.1 Å². The summed E-state index contributed by atoms with van der Waals surface area (Å²) in [5, 5.41) is 2.22. The quantitative estimate of drug-likeness (QED) is 0.321. The summed E-state index contributed by atoms with van der Waals surface area (Å²) >= 11 is 0. The van der Waals surface area contributed by atoms with Gasteiger partial charge in [-0.15, -0.1) is 6.58 Å². The molecule has 7 rings (SSSR count). The fraction of sp³-hybridized carbons (Fsp3) is 0.333. The summed E-state index contributed by atoms with van der Waals surface area (Å²) in [7, 11) is 1.70. The number of nitrogens with zero attached hydrogens (tertiary/aromatic N) is 3. The Balaban J connectivity index is 1.47. The Hall–Kier alpha value is -3.44. The zero-order valence-corrected chi connectivity index (χ0v) is 20.4. The first-order valence-corrected chi connectivity index (χ1v) is 12.5. The summed E-state index contributed by atoms with van der Waals surface area (Å²) in [6.45, 7) is 8.36. The lowest BCUT2D eigenvalue weighted by molar-refractivity contribution is -0.0367. The molecule has 5 atom stereocenters. The van der Waals surface area contributed by atoms with Gasteiger partial charge in [0.1, 0.15) is 11.9 Å². The second kappa shape index (κ2) is 8.97. The maximum atomic E-state index is 6.88. The highest BCUT2D eigenvalue weighted by atomic mass is 16.5. The van der Waals surface area contributed by atoms with Crippen molar-refractivity contribution in [3.05, 3.63) is 84.6 Å². The van der Waals surface area contributed by atoms with E-state index < -0.39 is 0 Å². The highest BCUT2D eigenvalue weighted by Crippen LogP contribution is 2.44. The molecule has 3 aliphatic rings. The van der Waals surface area contributed by atoms with Crippen molar-refractivity contribution in [3.63, 3.8) is 0 Å². The van der Waals surface area contributed by atoms with Gasteiger partial charge in [-0.25, -0.2) is 4.98 Å². The van der Waals surface area contributed by atoms with Crippen molar-refractivity contribution in [3.8, 4) is 11.6 Å². The number of methoxy groups -OCH3 is 1. The number of hydrogen-bond donors (Lipinski definition) is 0. The van der Waals surface area contributed by atoms with E-state index in [2.05, 4.69) is 65.9 Å². The third-order valence-electron chi connectivity index (χ3n) is 7.94. The normalized spacial score (nSPS) is 24.4. The molecule has 0 saturated carbocycles. The molecule has 4 aromatic rings. The third kappa shape index (κ3) is 3.94. The summed E-state index contributed by atoms with van der Waals surface area (Å²) in [4.78, 5) is 12.1. The topological polar surface area (TPSA) is 47.5 Å². The largest absolute Gasteiger partial charge is 0.497 e. The van der Waals surface area contributed by atoms with Crippen LogP contribution in [0.1, 0.15) is 30.1 Å². The molecular weight excluding hydrogens is 434 g/mol. The predicted octanol–water partition coefficient (Wildman–Crippen LogP) is 6.12. The molecule has 3 aliphatic heterocycles. The monoisotopic (exact) mass is 465 g/mol. The average molecular weight is 466 g/mol. The Morgan fingerprint density at radius 1 is 1.09 bits per heavy atom. The molecule has 2 aromatic heterocycles. The summed E-state index contributed by atoms with van der Waals surface area (Å²) in [6, 6.07) is 18.8. The van der Waals surface area contributed by atoms with Crippen molar-refractivity contribution >= 4 is 21.8 Å². The van der Waals surface area contributed by atoms with E-state index in [1.54, 1.807) is 7.11 Å².